The van der Waals surface area contributed by atoms with E-state index in [1.54, 1.807) is 36.4 Å². The fraction of sp³-hybridized carbons (Fsp3) is 0.0500. The molecular formula is C20H11BrN2O5. The van der Waals surface area contributed by atoms with Gasteiger partial charge in [-0.2, -0.15) is 0 Å². The van der Waals surface area contributed by atoms with Gasteiger partial charge in [0.2, 0.25) is 5.88 Å². The third-order valence-corrected chi connectivity index (χ3v) is 5.20. The van der Waals surface area contributed by atoms with Crippen molar-refractivity contribution in [3.8, 4) is 11.6 Å². The summed E-state index contributed by atoms with van der Waals surface area (Å²) in [5.41, 5.74) is -0.519. The Morgan fingerprint density at radius 1 is 0.929 bits per heavy atom. The lowest BCUT2D eigenvalue weighted by Crippen LogP contribution is -2.32. The van der Waals surface area contributed by atoms with Crippen LogP contribution in [0.15, 0.2) is 71.8 Å². The van der Waals surface area contributed by atoms with Crippen LogP contribution in [0, 0.1) is 0 Å². The molecule has 0 fully saturated rings. The Labute approximate surface area is 164 Å². The Balaban J connectivity index is 1.94. The van der Waals surface area contributed by atoms with Crippen LogP contribution in [0.2, 0.25) is 0 Å². The van der Waals surface area contributed by atoms with Crippen molar-refractivity contribution in [1.82, 2.24) is 9.97 Å². The maximum Gasteiger partial charge on any atom is 0.344 e. The van der Waals surface area contributed by atoms with Gasteiger partial charge in [-0.25, -0.2) is 9.59 Å². The highest BCUT2D eigenvalue weighted by atomic mass is 79.9. The number of H-pyrrole nitrogens is 2. The molecule has 3 heterocycles. The van der Waals surface area contributed by atoms with Crippen molar-refractivity contribution in [3.63, 3.8) is 0 Å². The molecule has 1 aliphatic heterocycles. The highest BCUT2D eigenvalue weighted by Gasteiger charge is 2.36. The first-order valence-electron chi connectivity index (χ1n) is 8.38. The molecule has 8 heteroatoms. The Morgan fingerprint density at radius 2 is 1.75 bits per heavy atom. The van der Waals surface area contributed by atoms with E-state index in [4.69, 9.17) is 9.15 Å². The number of hydrogen-bond donors (Lipinski definition) is 2. The zero-order valence-electron chi connectivity index (χ0n) is 14.1. The molecule has 2 aromatic carbocycles. The van der Waals surface area contributed by atoms with E-state index in [1.165, 1.54) is 0 Å². The van der Waals surface area contributed by atoms with Gasteiger partial charge >= 0.3 is 11.3 Å². The molecule has 0 saturated heterocycles. The first-order valence-corrected chi connectivity index (χ1v) is 9.18. The number of para-hydroxylation sites is 1. The zero-order valence-corrected chi connectivity index (χ0v) is 15.7. The molecule has 1 unspecified atom stereocenters. The number of halogens is 1. The van der Waals surface area contributed by atoms with E-state index in [0.29, 0.717) is 16.5 Å². The third-order valence-electron chi connectivity index (χ3n) is 4.71. The SMILES string of the molecule is O=c1[nH]c2c(c(=O)[nH]1)C(c1cccc(Br)c1)c1c(c3ccccc3oc1=O)O2. The molecule has 1 aliphatic rings. The summed E-state index contributed by atoms with van der Waals surface area (Å²) in [6.45, 7) is 0. The van der Waals surface area contributed by atoms with E-state index in [-0.39, 0.29) is 22.8 Å². The van der Waals surface area contributed by atoms with Gasteiger partial charge < -0.3 is 9.15 Å². The topological polar surface area (TPSA) is 105 Å². The number of ether oxygens (including phenoxy) is 1. The predicted octanol–water partition coefficient (Wildman–Crippen LogP) is 3.22. The summed E-state index contributed by atoms with van der Waals surface area (Å²) in [6.07, 6.45) is 0. The van der Waals surface area contributed by atoms with Gasteiger partial charge in [-0.15, -0.1) is 0 Å². The van der Waals surface area contributed by atoms with Gasteiger partial charge in [0.25, 0.3) is 5.56 Å². The van der Waals surface area contributed by atoms with Gasteiger partial charge in [-0.05, 0) is 29.8 Å². The fourth-order valence-electron chi connectivity index (χ4n) is 3.58. The summed E-state index contributed by atoms with van der Waals surface area (Å²) >= 11 is 3.42. The number of aromatic nitrogens is 2. The van der Waals surface area contributed by atoms with Gasteiger partial charge in [-0.3, -0.25) is 14.8 Å². The van der Waals surface area contributed by atoms with Crippen molar-refractivity contribution in [3.05, 3.63) is 101 Å². The normalized spacial score (nSPS) is 15.0. The number of fused-ring (bicyclic) bond motifs is 4. The summed E-state index contributed by atoms with van der Waals surface area (Å²) in [7, 11) is 0. The van der Waals surface area contributed by atoms with Crippen molar-refractivity contribution in [1.29, 1.82) is 0 Å². The minimum Gasteiger partial charge on any atom is -0.439 e. The highest BCUT2D eigenvalue weighted by Crippen LogP contribution is 2.46. The monoisotopic (exact) mass is 438 g/mol. The Morgan fingerprint density at radius 3 is 2.57 bits per heavy atom. The van der Waals surface area contributed by atoms with Crippen LogP contribution < -0.4 is 21.6 Å². The third kappa shape index (κ3) is 2.45. The molecule has 2 N–H and O–H groups in total. The van der Waals surface area contributed by atoms with Crippen LogP contribution in [-0.4, -0.2) is 9.97 Å². The molecule has 0 amide bonds. The Kier molecular flexibility index (Phi) is 3.63. The van der Waals surface area contributed by atoms with Crippen LogP contribution in [-0.2, 0) is 0 Å². The maximum absolute atomic E-state index is 12.9. The van der Waals surface area contributed by atoms with Crippen LogP contribution in [0.1, 0.15) is 22.6 Å². The second-order valence-corrected chi connectivity index (χ2v) is 7.29. The van der Waals surface area contributed by atoms with Crippen LogP contribution in [0.3, 0.4) is 0 Å². The number of rotatable bonds is 1. The van der Waals surface area contributed by atoms with E-state index >= 15 is 0 Å². The molecule has 1 atom stereocenters. The summed E-state index contributed by atoms with van der Waals surface area (Å²) in [6, 6.07) is 14.2. The lowest BCUT2D eigenvalue weighted by Gasteiger charge is -2.26. The molecule has 138 valence electrons. The minimum absolute atomic E-state index is 0.0157. The lowest BCUT2D eigenvalue weighted by atomic mass is 9.84. The van der Waals surface area contributed by atoms with Crippen LogP contribution in [0.25, 0.3) is 11.0 Å². The molecular weight excluding hydrogens is 428 g/mol. The molecule has 7 nitrogen and oxygen atoms in total. The Hall–Kier alpha value is -3.39. The van der Waals surface area contributed by atoms with E-state index in [0.717, 1.165) is 4.47 Å². The van der Waals surface area contributed by atoms with Crippen molar-refractivity contribution in [2.45, 2.75) is 5.92 Å². The minimum atomic E-state index is -0.766. The molecule has 0 saturated carbocycles. The van der Waals surface area contributed by atoms with Crippen molar-refractivity contribution < 1.29 is 9.15 Å². The van der Waals surface area contributed by atoms with Crippen LogP contribution in [0.4, 0.5) is 0 Å². The molecule has 0 aliphatic carbocycles. The Bertz CT molecular complexity index is 1430. The van der Waals surface area contributed by atoms with E-state index in [2.05, 4.69) is 25.9 Å². The smallest absolute Gasteiger partial charge is 0.344 e. The van der Waals surface area contributed by atoms with Gasteiger partial charge in [0.05, 0.1) is 22.4 Å². The summed E-state index contributed by atoms with van der Waals surface area (Å²) < 4.78 is 12.1. The van der Waals surface area contributed by atoms with Crippen LogP contribution in [0.5, 0.6) is 11.6 Å². The van der Waals surface area contributed by atoms with Crippen molar-refractivity contribution in [2.24, 2.45) is 0 Å². The first kappa shape index (κ1) is 16.8. The summed E-state index contributed by atoms with van der Waals surface area (Å²) in [5, 5.41) is 0.573. The van der Waals surface area contributed by atoms with Gasteiger partial charge in [0, 0.05) is 4.47 Å². The largest absolute Gasteiger partial charge is 0.439 e. The fourth-order valence-corrected chi connectivity index (χ4v) is 4.00. The number of benzene rings is 2. The van der Waals surface area contributed by atoms with E-state index in [9.17, 15) is 14.4 Å². The second-order valence-electron chi connectivity index (χ2n) is 6.37. The molecule has 0 spiro atoms. The standard InChI is InChI=1S/C20H11BrN2O5/c21-10-5-3-4-9(8-10)13-14-16(11-6-1-2-7-12(11)27-19(14)25)28-18-15(13)17(24)22-20(26)23-18/h1-8,13H,(H2,22,23,24,26). The zero-order chi connectivity index (χ0) is 19.4. The van der Waals surface area contributed by atoms with Gasteiger partial charge in [0.1, 0.15) is 5.58 Å². The molecule has 2 aromatic heterocycles. The quantitative estimate of drug-likeness (QED) is 0.391. The lowest BCUT2D eigenvalue weighted by molar-refractivity contribution is 0.418. The summed E-state index contributed by atoms with van der Waals surface area (Å²) in [5.74, 6) is -0.481. The first-order chi connectivity index (χ1) is 13.5. The maximum atomic E-state index is 12.9. The van der Waals surface area contributed by atoms with Crippen molar-refractivity contribution >= 4 is 26.9 Å². The van der Waals surface area contributed by atoms with E-state index in [1.807, 2.05) is 12.1 Å². The predicted molar refractivity (Wildman–Crippen MR) is 105 cm³/mol. The van der Waals surface area contributed by atoms with Crippen molar-refractivity contribution in [2.75, 3.05) is 0 Å². The number of hydrogen-bond acceptors (Lipinski definition) is 5. The number of nitrogens with one attached hydrogen (secondary N) is 2. The number of aromatic amines is 2. The second kappa shape index (κ2) is 6.07. The average Bonchev–Trinajstić information content (AvgIpc) is 2.66. The molecule has 0 radical (unpaired) electrons. The highest BCUT2D eigenvalue weighted by molar-refractivity contribution is 9.10. The molecule has 28 heavy (non-hydrogen) atoms. The average molecular weight is 439 g/mol. The molecule has 4 aromatic rings. The van der Waals surface area contributed by atoms with Gasteiger partial charge in [-0.1, -0.05) is 40.2 Å². The molecule has 0 bridgehead atoms. The summed E-state index contributed by atoms with van der Waals surface area (Å²) in [4.78, 5) is 42.1. The molecule has 5 rings (SSSR count). The van der Waals surface area contributed by atoms with Crippen LogP contribution >= 0.6 is 15.9 Å². The van der Waals surface area contributed by atoms with E-state index < -0.39 is 22.8 Å². The van der Waals surface area contributed by atoms with Gasteiger partial charge in [0.15, 0.2) is 5.75 Å².